The van der Waals surface area contributed by atoms with Gasteiger partial charge in [-0.25, -0.2) is 0 Å². The molecule has 3 N–H and O–H groups in total. The first-order valence-electron chi connectivity index (χ1n) is 18.2. The zero-order chi connectivity index (χ0) is 41.6. The van der Waals surface area contributed by atoms with Crippen molar-refractivity contribution in [3.05, 3.63) is 87.0 Å². The van der Waals surface area contributed by atoms with Crippen molar-refractivity contribution in [3.63, 3.8) is 0 Å². The second kappa shape index (κ2) is 16.5. The van der Waals surface area contributed by atoms with Gasteiger partial charge >= 0.3 is 0 Å². The number of hydrogen-bond acceptors (Lipinski definition) is 7. The molecule has 2 aliphatic heterocycles. The van der Waals surface area contributed by atoms with Crippen LogP contribution < -0.4 is 4.74 Å². The van der Waals surface area contributed by atoms with Crippen LogP contribution in [0.5, 0.6) is 28.7 Å². The number of phenolic OH excluding ortho intramolecular Hbond substituents is 3. The quantitative estimate of drug-likeness (QED) is 0.131. The molecule has 296 valence electrons. The summed E-state index contributed by atoms with van der Waals surface area (Å²) in [6, 6.07) is 16.6. The van der Waals surface area contributed by atoms with E-state index >= 15 is 0 Å². The van der Waals surface area contributed by atoms with Crippen molar-refractivity contribution in [2.45, 2.75) is 148 Å². The molecule has 7 bridgehead atoms. The highest BCUT2D eigenvalue weighted by atomic mass is 35.6. The number of aromatic hydroxyl groups is 3. The molecule has 0 aliphatic carbocycles. The molecule has 0 saturated carbocycles. The van der Waals surface area contributed by atoms with Crippen molar-refractivity contribution in [3.8, 4) is 34.8 Å². The molecule has 10 heteroatoms. The maximum atomic E-state index is 12.0. The van der Waals surface area contributed by atoms with Crippen LogP contribution in [0.25, 0.3) is 0 Å². The number of halogens is 3. The molecule has 0 amide bonds. The van der Waals surface area contributed by atoms with Crippen LogP contribution in [0, 0.1) is 11.3 Å². The van der Waals surface area contributed by atoms with Crippen molar-refractivity contribution in [1.29, 1.82) is 5.26 Å². The molecule has 55 heavy (non-hydrogen) atoms. The highest BCUT2D eigenvalue weighted by Gasteiger charge is 2.34. The molecule has 0 saturated heterocycles. The van der Waals surface area contributed by atoms with Crippen LogP contribution in [0.4, 0.5) is 0 Å². The third kappa shape index (κ3) is 10.4. The van der Waals surface area contributed by atoms with E-state index in [1.54, 1.807) is 17.8 Å². The van der Waals surface area contributed by atoms with Gasteiger partial charge in [-0.15, -0.1) is 0 Å². The Morgan fingerprint density at radius 2 is 0.927 bits per heavy atom. The zero-order valence-electron chi connectivity index (χ0n) is 34.2. The number of benzene rings is 4. The smallest absolute Gasteiger partial charge is 0.183 e. The molecule has 4 aromatic rings. The van der Waals surface area contributed by atoms with E-state index in [1.165, 1.54) is 24.2 Å². The molecule has 0 atom stereocenters. The van der Waals surface area contributed by atoms with E-state index in [0.717, 1.165) is 48.9 Å². The average molecular weight is 843 g/mol. The van der Waals surface area contributed by atoms with Gasteiger partial charge in [-0.3, -0.25) is 0 Å². The number of nitriles is 1. The average Bonchev–Trinajstić information content (AvgIpc) is 3.02. The van der Waals surface area contributed by atoms with Gasteiger partial charge < -0.3 is 20.1 Å². The van der Waals surface area contributed by atoms with E-state index in [9.17, 15) is 15.3 Å². The van der Waals surface area contributed by atoms with E-state index < -0.39 is 4.30 Å². The SMILES string of the molecule is CC#N.CC(C)(C)c1cc2c(O)c(c1)Sc1cc(C(C)(C)C)cc(c1O)Cc1cc(C(C)(C)C)cc3c1Oc1c(O)c(cc(C(C)(C)C)c1S3)C2.ClC(Cl)Cl. The Hall–Kier alpha value is -2.86. The highest BCUT2D eigenvalue weighted by Crippen LogP contribution is 2.58. The van der Waals surface area contributed by atoms with E-state index in [2.05, 4.69) is 119 Å². The minimum atomic E-state index is -0.750. The fourth-order valence-electron chi connectivity index (χ4n) is 6.35. The number of rotatable bonds is 0. The summed E-state index contributed by atoms with van der Waals surface area (Å²) in [5.74, 6) is 1.66. The molecule has 0 fully saturated rings. The molecule has 0 aromatic heterocycles. The maximum absolute atomic E-state index is 12.0. The maximum Gasteiger partial charge on any atom is 0.183 e. The fourth-order valence-corrected chi connectivity index (χ4v) is 8.79. The largest absolute Gasteiger partial charge is 0.506 e. The van der Waals surface area contributed by atoms with E-state index in [4.69, 9.17) is 44.8 Å². The highest BCUT2D eigenvalue weighted by molar-refractivity contribution is 8.00. The topological polar surface area (TPSA) is 93.7 Å². The Balaban J connectivity index is 0.000000890. The summed E-state index contributed by atoms with van der Waals surface area (Å²) >= 11 is 17.5. The summed E-state index contributed by atoms with van der Waals surface area (Å²) in [6.45, 7) is 27.7. The lowest BCUT2D eigenvalue weighted by molar-refractivity contribution is 0.384. The molecule has 0 unspecified atom stereocenters. The molecule has 6 rings (SSSR count). The second-order valence-corrected chi connectivity index (χ2v) is 22.3. The van der Waals surface area contributed by atoms with Crippen LogP contribution >= 0.6 is 58.3 Å². The van der Waals surface area contributed by atoms with Crippen LogP contribution in [-0.4, -0.2) is 19.6 Å². The third-order valence-corrected chi connectivity index (χ3v) is 11.7. The molecule has 2 aliphatic rings. The lowest BCUT2D eigenvalue weighted by Crippen LogP contribution is -2.17. The number of fused-ring (bicyclic) bond motifs is 5. The van der Waals surface area contributed by atoms with Gasteiger partial charge in [0.2, 0.25) is 0 Å². The molecular weight excluding hydrogens is 789 g/mol. The standard InChI is InChI=1S/C42H50O4S2.C2H3N.CHCl3/c1-39(2,3)26-15-22-13-24-18-29(42(10,11)12)38-37(35(24)45)46-36-25(17-28(41(7,8)9)21-32(36)48-38)14-23-16-27(40(4,5)6)20-31(34(23)44)47-30(19-26)33(22)43;1-2-3;2-1(3)4/h15-21,43-45H,13-14H2,1-12H3;1H3;1H. The number of nitrogens with zero attached hydrogens (tertiary/aromatic N) is 1. The predicted octanol–water partition coefficient (Wildman–Crippen LogP) is 14.4. The number of alkyl halides is 3. The first kappa shape index (κ1) is 44.8. The predicted molar refractivity (Wildman–Crippen MR) is 232 cm³/mol. The summed E-state index contributed by atoms with van der Waals surface area (Å²) in [5.41, 5.74) is 6.91. The van der Waals surface area contributed by atoms with Gasteiger partial charge in [0.05, 0.1) is 25.7 Å². The minimum absolute atomic E-state index is 0.102. The van der Waals surface area contributed by atoms with Crippen molar-refractivity contribution in [1.82, 2.24) is 0 Å². The normalized spacial score (nSPS) is 13.7. The summed E-state index contributed by atoms with van der Waals surface area (Å²) in [7, 11) is 0. The molecule has 5 nitrogen and oxygen atoms in total. The van der Waals surface area contributed by atoms with E-state index in [-0.39, 0.29) is 38.9 Å². The number of hydrogen-bond donors (Lipinski definition) is 3. The van der Waals surface area contributed by atoms with Crippen LogP contribution in [-0.2, 0) is 34.5 Å². The summed E-state index contributed by atoms with van der Waals surface area (Å²) < 4.78 is 6.11. The van der Waals surface area contributed by atoms with Crippen molar-refractivity contribution in [2.24, 2.45) is 0 Å². The van der Waals surface area contributed by atoms with Gasteiger partial charge in [0.15, 0.2) is 15.8 Å². The van der Waals surface area contributed by atoms with Crippen LogP contribution in [0.1, 0.15) is 135 Å². The Kier molecular flexibility index (Phi) is 13.5. The van der Waals surface area contributed by atoms with Crippen LogP contribution in [0.3, 0.4) is 0 Å². The van der Waals surface area contributed by atoms with Gasteiger partial charge in [0, 0.05) is 30.9 Å². The van der Waals surface area contributed by atoms with Crippen molar-refractivity contribution in [2.75, 3.05) is 0 Å². The Morgan fingerprint density at radius 3 is 1.33 bits per heavy atom. The van der Waals surface area contributed by atoms with Crippen molar-refractivity contribution < 1.29 is 20.1 Å². The number of ether oxygens (including phenoxy) is 1. The van der Waals surface area contributed by atoms with Crippen LogP contribution in [0.15, 0.2) is 62.0 Å². The first-order valence-corrected chi connectivity index (χ1v) is 21.2. The fraction of sp³-hybridized carbons (Fsp3) is 0.444. The van der Waals surface area contributed by atoms with Gasteiger partial charge in [0.25, 0.3) is 0 Å². The number of phenols is 3. The Labute approximate surface area is 351 Å². The second-order valence-electron chi connectivity index (χ2n) is 18.1. The van der Waals surface area contributed by atoms with Crippen LogP contribution in [0.2, 0.25) is 0 Å². The molecular formula is C45H54Cl3NO4S2. The third-order valence-electron chi connectivity index (χ3n) is 9.53. The van der Waals surface area contributed by atoms with E-state index in [1.807, 2.05) is 6.07 Å². The lowest BCUT2D eigenvalue weighted by atomic mass is 9.83. The van der Waals surface area contributed by atoms with Gasteiger partial charge in [0.1, 0.15) is 17.2 Å². The molecule has 0 radical (unpaired) electrons. The van der Waals surface area contributed by atoms with Crippen molar-refractivity contribution >= 4 is 58.3 Å². The minimum Gasteiger partial charge on any atom is -0.506 e. The summed E-state index contributed by atoms with van der Waals surface area (Å²) in [4.78, 5) is 3.31. The monoisotopic (exact) mass is 841 g/mol. The van der Waals surface area contributed by atoms with Gasteiger partial charge in [-0.2, -0.15) is 5.26 Å². The molecule has 4 aromatic carbocycles. The van der Waals surface area contributed by atoms with Gasteiger partial charge in [-0.05, 0) is 79.3 Å². The molecule has 0 spiro atoms. The zero-order valence-corrected chi connectivity index (χ0v) is 38.1. The Bertz CT molecular complexity index is 2130. The Morgan fingerprint density at radius 1 is 0.564 bits per heavy atom. The first-order chi connectivity index (χ1) is 25.2. The summed E-state index contributed by atoms with van der Waals surface area (Å²) in [5, 5.41) is 43.2. The van der Waals surface area contributed by atoms with E-state index in [0.29, 0.717) is 33.9 Å². The lowest BCUT2D eigenvalue weighted by Gasteiger charge is -2.32. The summed E-state index contributed by atoms with van der Waals surface area (Å²) in [6.07, 6.45) is 0.763. The van der Waals surface area contributed by atoms with Gasteiger partial charge in [-0.1, -0.05) is 160 Å². The molecule has 2 heterocycles.